The van der Waals surface area contributed by atoms with E-state index in [-0.39, 0.29) is 18.9 Å². The van der Waals surface area contributed by atoms with E-state index in [0.717, 1.165) is 6.33 Å². The predicted octanol–water partition coefficient (Wildman–Crippen LogP) is 0.839. The number of esters is 1. The molecule has 0 saturated carbocycles. The zero-order valence-electron chi connectivity index (χ0n) is 10.9. The van der Waals surface area contributed by atoms with Gasteiger partial charge in [-0.1, -0.05) is 0 Å². The van der Waals surface area contributed by atoms with Gasteiger partial charge in [0.2, 0.25) is 5.82 Å². The number of hydrogen-bond acceptors (Lipinski definition) is 7. The van der Waals surface area contributed by atoms with Crippen LogP contribution in [0.1, 0.15) is 11.4 Å². The molecule has 0 N–H and O–H groups in total. The zero-order valence-corrected chi connectivity index (χ0v) is 10.9. The molecular formula is C12H10F2N4O3. The summed E-state index contributed by atoms with van der Waals surface area (Å²) in [5, 5.41) is 0. The minimum absolute atomic E-state index is 0.0522. The molecule has 0 spiro atoms. The van der Waals surface area contributed by atoms with Crippen LogP contribution < -0.4 is 4.74 Å². The second-order valence-electron chi connectivity index (χ2n) is 3.83. The minimum Gasteiger partial charge on any atom is -0.470 e. The maximum atomic E-state index is 13.2. The maximum Gasteiger partial charge on any atom is 0.313 e. The van der Waals surface area contributed by atoms with Crippen molar-refractivity contribution in [3.63, 3.8) is 0 Å². The van der Waals surface area contributed by atoms with E-state index in [1.165, 1.54) is 19.5 Å². The number of ether oxygens (including phenoxy) is 2. The van der Waals surface area contributed by atoms with Crippen LogP contribution in [0.2, 0.25) is 0 Å². The summed E-state index contributed by atoms with van der Waals surface area (Å²) in [5.74, 6) is -3.23. The molecule has 2 heterocycles. The molecule has 0 aromatic carbocycles. The summed E-state index contributed by atoms with van der Waals surface area (Å²) >= 11 is 0. The fraction of sp³-hybridized carbons (Fsp3) is 0.250. The van der Waals surface area contributed by atoms with E-state index in [2.05, 4.69) is 24.7 Å². The van der Waals surface area contributed by atoms with Gasteiger partial charge < -0.3 is 9.47 Å². The van der Waals surface area contributed by atoms with Gasteiger partial charge in [0.25, 0.3) is 11.8 Å². The first-order chi connectivity index (χ1) is 10.1. The van der Waals surface area contributed by atoms with E-state index in [1.807, 2.05) is 0 Å². The Hall–Kier alpha value is -2.71. The van der Waals surface area contributed by atoms with Crippen LogP contribution in [-0.2, 0) is 22.6 Å². The number of methoxy groups -OCH3 is 1. The van der Waals surface area contributed by atoms with Crippen molar-refractivity contribution in [2.24, 2.45) is 0 Å². The number of hydrogen-bond donors (Lipinski definition) is 0. The molecule has 7 nitrogen and oxygen atoms in total. The highest BCUT2D eigenvalue weighted by Gasteiger charge is 2.12. The Morgan fingerprint density at radius 2 is 1.90 bits per heavy atom. The van der Waals surface area contributed by atoms with E-state index >= 15 is 0 Å². The lowest BCUT2D eigenvalue weighted by Gasteiger charge is -2.06. The standard InChI is InChI=1S/C12H10F2N4O3/c1-20-9(19)2-8-15-3-7(4-16-8)5-21-12-10(13)11(14)17-6-18-12/h3-4,6H,2,5H2,1H3. The van der Waals surface area contributed by atoms with Crippen molar-refractivity contribution < 1.29 is 23.0 Å². The highest BCUT2D eigenvalue weighted by Crippen LogP contribution is 2.15. The summed E-state index contributed by atoms with van der Waals surface area (Å²) in [5.41, 5.74) is 0.502. The molecule has 21 heavy (non-hydrogen) atoms. The summed E-state index contributed by atoms with van der Waals surface area (Å²) in [6, 6.07) is 0. The van der Waals surface area contributed by atoms with Gasteiger partial charge in [0.1, 0.15) is 25.2 Å². The van der Waals surface area contributed by atoms with Crippen LogP contribution in [0.25, 0.3) is 0 Å². The third-order valence-electron chi connectivity index (χ3n) is 2.38. The second-order valence-corrected chi connectivity index (χ2v) is 3.83. The van der Waals surface area contributed by atoms with Crippen LogP contribution in [-0.4, -0.2) is 33.0 Å². The SMILES string of the molecule is COC(=O)Cc1ncc(COc2ncnc(F)c2F)cn1. The molecule has 2 rings (SSSR count). The second kappa shape index (κ2) is 6.64. The van der Waals surface area contributed by atoms with E-state index < -0.39 is 23.6 Å². The van der Waals surface area contributed by atoms with Gasteiger partial charge in [-0.25, -0.2) is 15.0 Å². The average Bonchev–Trinajstić information content (AvgIpc) is 2.50. The molecule has 0 radical (unpaired) electrons. The third kappa shape index (κ3) is 3.88. The van der Waals surface area contributed by atoms with Gasteiger partial charge in [0.15, 0.2) is 0 Å². The quantitative estimate of drug-likeness (QED) is 0.596. The number of rotatable bonds is 5. The molecule has 2 aromatic heterocycles. The van der Waals surface area contributed by atoms with Crippen molar-refractivity contribution in [1.82, 2.24) is 19.9 Å². The molecule has 110 valence electrons. The van der Waals surface area contributed by atoms with Crippen LogP contribution in [0, 0.1) is 11.8 Å². The Morgan fingerprint density at radius 3 is 2.57 bits per heavy atom. The smallest absolute Gasteiger partial charge is 0.313 e. The van der Waals surface area contributed by atoms with Crippen molar-refractivity contribution in [1.29, 1.82) is 0 Å². The fourth-order valence-corrected chi connectivity index (χ4v) is 1.33. The topological polar surface area (TPSA) is 87.1 Å². The minimum atomic E-state index is -1.29. The first-order valence-electron chi connectivity index (χ1n) is 5.75. The maximum absolute atomic E-state index is 13.2. The molecule has 0 saturated heterocycles. The highest BCUT2D eigenvalue weighted by molar-refractivity contribution is 5.71. The molecule has 0 aliphatic heterocycles. The monoisotopic (exact) mass is 296 g/mol. The Balaban J connectivity index is 1.97. The summed E-state index contributed by atoms with van der Waals surface area (Å²) in [4.78, 5) is 25.4. The van der Waals surface area contributed by atoms with Crippen LogP contribution in [0.4, 0.5) is 8.78 Å². The molecule has 0 fully saturated rings. The number of carbonyl (C=O) groups is 1. The number of nitrogens with zero attached hydrogens (tertiary/aromatic N) is 4. The Bertz CT molecular complexity index is 637. The third-order valence-corrected chi connectivity index (χ3v) is 2.38. The van der Waals surface area contributed by atoms with Crippen molar-refractivity contribution in [3.8, 4) is 5.88 Å². The summed E-state index contributed by atoms with van der Waals surface area (Å²) in [6.45, 7) is -0.105. The molecular weight excluding hydrogens is 286 g/mol. The van der Waals surface area contributed by atoms with Crippen LogP contribution in [0.5, 0.6) is 5.88 Å². The molecule has 2 aromatic rings. The van der Waals surface area contributed by atoms with E-state index in [9.17, 15) is 13.6 Å². The van der Waals surface area contributed by atoms with E-state index in [4.69, 9.17) is 4.74 Å². The molecule has 0 bridgehead atoms. The lowest BCUT2D eigenvalue weighted by atomic mass is 10.3. The van der Waals surface area contributed by atoms with E-state index in [0.29, 0.717) is 5.56 Å². The molecule has 0 atom stereocenters. The van der Waals surface area contributed by atoms with Crippen LogP contribution in [0.15, 0.2) is 18.7 Å². The Kier molecular flexibility index (Phi) is 4.64. The van der Waals surface area contributed by atoms with Gasteiger partial charge >= 0.3 is 5.97 Å². The largest absolute Gasteiger partial charge is 0.470 e. The van der Waals surface area contributed by atoms with Gasteiger partial charge in [-0.05, 0) is 0 Å². The van der Waals surface area contributed by atoms with Crippen molar-refractivity contribution >= 4 is 5.97 Å². The molecule has 0 amide bonds. The van der Waals surface area contributed by atoms with Crippen molar-refractivity contribution in [3.05, 3.63) is 41.9 Å². The number of halogens is 2. The average molecular weight is 296 g/mol. The predicted molar refractivity (Wildman–Crippen MR) is 64.0 cm³/mol. The van der Waals surface area contributed by atoms with Gasteiger partial charge in [0, 0.05) is 18.0 Å². The summed E-state index contributed by atoms with van der Waals surface area (Å²) in [6.07, 6.45) is 3.61. The lowest BCUT2D eigenvalue weighted by Crippen LogP contribution is -2.09. The van der Waals surface area contributed by atoms with Gasteiger partial charge in [-0.3, -0.25) is 4.79 Å². The van der Waals surface area contributed by atoms with Gasteiger partial charge in [-0.15, -0.1) is 0 Å². The fourth-order valence-electron chi connectivity index (χ4n) is 1.33. The Labute approximate surface area is 118 Å². The lowest BCUT2D eigenvalue weighted by molar-refractivity contribution is -0.139. The van der Waals surface area contributed by atoms with Crippen LogP contribution in [0.3, 0.4) is 0 Å². The molecule has 0 aliphatic rings. The van der Waals surface area contributed by atoms with E-state index in [1.54, 1.807) is 0 Å². The molecule has 9 heteroatoms. The first-order valence-corrected chi connectivity index (χ1v) is 5.75. The molecule has 0 aliphatic carbocycles. The Morgan fingerprint density at radius 1 is 1.19 bits per heavy atom. The highest BCUT2D eigenvalue weighted by atomic mass is 19.2. The number of carbonyl (C=O) groups excluding carboxylic acids is 1. The summed E-state index contributed by atoms with van der Waals surface area (Å²) < 4.78 is 35.6. The summed E-state index contributed by atoms with van der Waals surface area (Å²) in [7, 11) is 1.26. The number of aromatic nitrogens is 4. The molecule has 0 unspecified atom stereocenters. The zero-order chi connectivity index (χ0) is 15.2. The van der Waals surface area contributed by atoms with Crippen LogP contribution >= 0.6 is 0 Å². The van der Waals surface area contributed by atoms with Gasteiger partial charge in [-0.2, -0.15) is 13.8 Å². The normalized spacial score (nSPS) is 10.2. The first kappa shape index (κ1) is 14.7. The van der Waals surface area contributed by atoms with Crippen molar-refractivity contribution in [2.75, 3.05) is 7.11 Å². The van der Waals surface area contributed by atoms with Gasteiger partial charge in [0.05, 0.1) is 7.11 Å². The van der Waals surface area contributed by atoms with Crippen molar-refractivity contribution in [2.45, 2.75) is 13.0 Å².